The molecule has 1 fully saturated rings. The quantitative estimate of drug-likeness (QED) is 0.521. The molecule has 0 radical (unpaired) electrons. The predicted molar refractivity (Wildman–Crippen MR) is 135 cm³/mol. The van der Waals surface area contributed by atoms with Crippen molar-refractivity contribution in [3.63, 3.8) is 0 Å². The second-order valence-electron chi connectivity index (χ2n) is 10.6. The van der Waals surface area contributed by atoms with Crippen molar-refractivity contribution < 1.29 is 19.1 Å². The molecular formula is C30H31NO4. The van der Waals surface area contributed by atoms with Gasteiger partial charge in [-0.15, -0.1) is 0 Å². The summed E-state index contributed by atoms with van der Waals surface area (Å²) in [5, 5.41) is 3.54. The van der Waals surface area contributed by atoms with E-state index in [1.54, 1.807) is 0 Å². The molecule has 1 N–H and O–H groups in total. The lowest BCUT2D eigenvalue weighted by atomic mass is 9.62. The van der Waals surface area contributed by atoms with Gasteiger partial charge in [0.05, 0.1) is 11.0 Å². The van der Waals surface area contributed by atoms with E-state index in [1.165, 1.54) is 0 Å². The Bertz CT molecular complexity index is 1250. The lowest BCUT2D eigenvalue weighted by Gasteiger charge is -2.42. The highest BCUT2D eigenvalue weighted by molar-refractivity contribution is 6.06. The van der Waals surface area contributed by atoms with Gasteiger partial charge in [0.15, 0.2) is 5.78 Å². The van der Waals surface area contributed by atoms with Crippen LogP contribution in [0.3, 0.4) is 0 Å². The number of aryl methyl sites for hydroxylation is 1. The molecule has 2 aliphatic rings. The zero-order chi connectivity index (χ0) is 24.8. The molecule has 1 saturated heterocycles. The maximum Gasteiger partial charge on any atom is 0.324 e. The molecule has 0 bridgehead atoms. The van der Waals surface area contributed by atoms with Crippen LogP contribution in [0.1, 0.15) is 59.8 Å². The van der Waals surface area contributed by atoms with Crippen molar-refractivity contribution in [3.05, 3.63) is 101 Å². The molecule has 5 rings (SSSR count). The molecule has 35 heavy (non-hydrogen) atoms. The van der Waals surface area contributed by atoms with Crippen molar-refractivity contribution in [2.24, 2.45) is 5.41 Å². The van der Waals surface area contributed by atoms with E-state index in [-0.39, 0.29) is 18.4 Å². The Labute approximate surface area is 206 Å². The molecule has 5 heteroatoms. The number of ether oxygens (including phenoxy) is 2. The fraction of sp³-hybridized carbons (Fsp3) is 0.333. The van der Waals surface area contributed by atoms with E-state index in [4.69, 9.17) is 9.47 Å². The molecular weight excluding hydrogens is 438 g/mol. The van der Waals surface area contributed by atoms with Crippen LogP contribution in [0.5, 0.6) is 5.75 Å². The molecule has 0 amide bonds. The average Bonchev–Trinajstić information content (AvgIpc) is 3.18. The number of hydrogen-bond acceptors (Lipinski definition) is 5. The highest BCUT2D eigenvalue weighted by Crippen LogP contribution is 2.57. The third-order valence-corrected chi connectivity index (χ3v) is 7.00. The SMILES string of the molecule is Cc1ccc([C@@H]2N[C@H](C(=O)OC(C)(C)C)[C@@H](c3ccccc3)[C@@]23COc2ccccc2C3=O)cc1. The molecule has 3 aromatic rings. The fourth-order valence-electron chi connectivity index (χ4n) is 5.51. The first kappa shape index (κ1) is 23.3. The van der Waals surface area contributed by atoms with Gasteiger partial charge in [0.2, 0.25) is 0 Å². The Morgan fingerprint density at radius 2 is 1.60 bits per heavy atom. The van der Waals surface area contributed by atoms with E-state index >= 15 is 0 Å². The molecule has 2 heterocycles. The summed E-state index contributed by atoms with van der Waals surface area (Å²) in [7, 11) is 0. The normalized spacial score (nSPS) is 25.7. The number of carbonyl (C=O) groups is 2. The van der Waals surface area contributed by atoms with Gasteiger partial charge < -0.3 is 9.47 Å². The van der Waals surface area contributed by atoms with Crippen molar-refractivity contribution in [2.45, 2.75) is 51.3 Å². The van der Waals surface area contributed by atoms with Crippen LogP contribution < -0.4 is 10.1 Å². The maximum atomic E-state index is 14.5. The lowest BCUT2D eigenvalue weighted by molar-refractivity contribution is -0.157. The first-order valence-electron chi connectivity index (χ1n) is 12.1. The summed E-state index contributed by atoms with van der Waals surface area (Å²) in [6.07, 6.45) is 0. The largest absolute Gasteiger partial charge is 0.492 e. The second-order valence-corrected chi connectivity index (χ2v) is 10.6. The summed E-state index contributed by atoms with van der Waals surface area (Å²) in [5.41, 5.74) is 1.83. The molecule has 180 valence electrons. The number of carbonyl (C=O) groups excluding carboxylic acids is 2. The van der Waals surface area contributed by atoms with Gasteiger partial charge in [0, 0.05) is 12.0 Å². The number of benzene rings is 3. The van der Waals surface area contributed by atoms with Crippen LogP contribution in [-0.4, -0.2) is 30.0 Å². The molecule has 0 aliphatic carbocycles. The van der Waals surface area contributed by atoms with Crippen LogP contribution in [0.2, 0.25) is 0 Å². The summed E-state index contributed by atoms with van der Waals surface area (Å²) in [6, 6.07) is 24.1. The summed E-state index contributed by atoms with van der Waals surface area (Å²) in [4.78, 5) is 28.1. The number of hydrogen-bond donors (Lipinski definition) is 1. The number of Topliss-reactive ketones (excluding diaryl/α,β-unsaturated/α-hetero) is 1. The molecule has 0 aromatic heterocycles. The van der Waals surface area contributed by atoms with Crippen LogP contribution in [-0.2, 0) is 9.53 Å². The van der Waals surface area contributed by atoms with E-state index in [2.05, 4.69) is 5.32 Å². The van der Waals surface area contributed by atoms with Gasteiger partial charge in [-0.1, -0.05) is 72.3 Å². The summed E-state index contributed by atoms with van der Waals surface area (Å²) in [5.74, 6) is -0.284. The van der Waals surface area contributed by atoms with Crippen LogP contribution in [0.25, 0.3) is 0 Å². The third-order valence-electron chi connectivity index (χ3n) is 7.00. The highest BCUT2D eigenvalue weighted by Gasteiger charge is 2.64. The predicted octanol–water partition coefficient (Wildman–Crippen LogP) is 5.40. The van der Waals surface area contributed by atoms with Gasteiger partial charge >= 0.3 is 5.97 Å². The molecule has 2 aliphatic heterocycles. The maximum absolute atomic E-state index is 14.5. The smallest absolute Gasteiger partial charge is 0.324 e. The number of nitrogens with one attached hydrogen (secondary N) is 1. The lowest BCUT2D eigenvalue weighted by Crippen LogP contribution is -2.48. The number of para-hydroxylation sites is 1. The van der Waals surface area contributed by atoms with E-state index in [9.17, 15) is 9.59 Å². The van der Waals surface area contributed by atoms with Crippen molar-refractivity contribution in [2.75, 3.05) is 6.61 Å². The van der Waals surface area contributed by atoms with Gasteiger partial charge in [0.1, 0.15) is 24.0 Å². The Balaban J connectivity index is 1.72. The van der Waals surface area contributed by atoms with Gasteiger partial charge in [0.25, 0.3) is 0 Å². The molecule has 0 unspecified atom stereocenters. The van der Waals surface area contributed by atoms with Crippen molar-refractivity contribution in [1.82, 2.24) is 5.32 Å². The van der Waals surface area contributed by atoms with Crippen LogP contribution >= 0.6 is 0 Å². The average molecular weight is 470 g/mol. The van der Waals surface area contributed by atoms with E-state index in [0.717, 1.165) is 16.7 Å². The van der Waals surface area contributed by atoms with Crippen molar-refractivity contribution in [1.29, 1.82) is 0 Å². The molecule has 0 saturated carbocycles. The minimum atomic E-state index is -1.04. The number of esters is 1. The van der Waals surface area contributed by atoms with Crippen molar-refractivity contribution in [3.8, 4) is 5.75 Å². The first-order valence-corrected chi connectivity index (χ1v) is 12.1. The zero-order valence-corrected chi connectivity index (χ0v) is 20.6. The second kappa shape index (κ2) is 8.65. The standard InChI is InChI=1S/C30H31NO4/c1-19-14-16-21(17-15-19)26-30(18-34-23-13-9-8-12-22(23)27(30)32)24(20-10-6-5-7-11-20)25(31-26)28(33)35-29(2,3)4/h5-17,24-26,31H,18H2,1-4H3/t24-,25+,26+,30+/m1/s1. The van der Waals surface area contributed by atoms with Crippen LogP contribution in [0.15, 0.2) is 78.9 Å². The van der Waals surface area contributed by atoms with Gasteiger partial charge in [-0.25, -0.2) is 0 Å². The van der Waals surface area contributed by atoms with Gasteiger partial charge in [-0.3, -0.25) is 14.9 Å². The van der Waals surface area contributed by atoms with Gasteiger partial charge in [-0.05, 0) is 51.0 Å². The topological polar surface area (TPSA) is 64.6 Å². The van der Waals surface area contributed by atoms with E-state index in [1.807, 2.05) is 107 Å². The minimum Gasteiger partial charge on any atom is -0.492 e. The number of rotatable bonds is 3. The molecule has 3 aromatic carbocycles. The summed E-state index contributed by atoms with van der Waals surface area (Å²) < 4.78 is 12.1. The molecule has 5 nitrogen and oxygen atoms in total. The minimum absolute atomic E-state index is 0.0164. The molecule has 1 spiro atoms. The van der Waals surface area contributed by atoms with Crippen molar-refractivity contribution >= 4 is 11.8 Å². The monoisotopic (exact) mass is 469 g/mol. The zero-order valence-electron chi connectivity index (χ0n) is 20.6. The highest BCUT2D eigenvalue weighted by atomic mass is 16.6. The Kier molecular flexibility index (Phi) is 5.76. The fourth-order valence-corrected chi connectivity index (χ4v) is 5.51. The van der Waals surface area contributed by atoms with Crippen LogP contribution in [0, 0.1) is 12.3 Å². The van der Waals surface area contributed by atoms with Crippen LogP contribution in [0.4, 0.5) is 0 Å². The summed E-state index contributed by atoms with van der Waals surface area (Å²) >= 11 is 0. The van der Waals surface area contributed by atoms with Gasteiger partial charge in [-0.2, -0.15) is 0 Å². The Hall–Kier alpha value is -3.44. The number of ketones is 1. The Morgan fingerprint density at radius 3 is 2.29 bits per heavy atom. The van der Waals surface area contributed by atoms with E-state index < -0.39 is 29.0 Å². The summed E-state index contributed by atoms with van der Waals surface area (Å²) in [6.45, 7) is 7.76. The molecule has 4 atom stereocenters. The Morgan fingerprint density at radius 1 is 0.943 bits per heavy atom. The third kappa shape index (κ3) is 4.04. The van der Waals surface area contributed by atoms with E-state index in [0.29, 0.717) is 11.3 Å². The number of fused-ring (bicyclic) bond motifs is 1. The first-order chi connectivity index (χ1) is 16.7.